The third kappa shape index (κ3) is 5.00. The van der Waals surface area contributed by atoms with Crippen LogP contribution in [0.25, 0.3) is 0 Å². The predicted octanol–water partition coefficient (Wildman–Crippen LogP) is 2.10. The summed E-state index contributed by atoms with van der Waals surface area (Å²) in [5.74, 6) is 0. The Labute approximate surface area is 161 Å². The molecule has 0 saturated carbocycles. The van der Waals surface area contributed by atoms with Crippen LogP contribution in [-0.2, 0) is 5.41 Å². The van der Waals surface area contributed by atoms with Crippen LogP contribution in [0.1, 0.15) is 37.7 Å². The highest BCUT2D eigenvalue weighted by atomic mass is 16.3. The molecule has 0 unspecified atom stereocenters. The zero-order valence-corrected chi connectivity index (χ0v) is 15.9. The summed E-state index contributed by atoms with van der Waals surface area (Å²) in [5.41, 5.74) is 0.573. The third-order valence-electron chi connectivity index (χ3n) is 5.85. The molecule has 2 N–H and O–H groups in total. The van der Waals surface area contributed by atoms with Crippen LogP contribution in [0.3, 0.4) is 0 Å². The SMILES string of the molecule is N#CC1(c2ccccc2)CCN(C(=O)NCCCN2CCC[C@@H](O)C2)CC1. The van der Waals surface area contributed by atoms with Gasteiger partial charge in [0.25, 0.3) is 0 Å². The van der Waals surface area contributed by atoms with E-state index in [0.717, 1.165) is 44.5 Å². The first-order valence-corrected chi connectivity index (χ1v) is 10.0. The van der Waals surface area contributed by atoms with Gasteiger partial charge in [-0.25, -0.2) is 4.79 Å². The van der Waals surface area contributed by atoms with Crippen LogP contribution >= 0.6 is 0 Å². The van der Waals surface area contributed by atoms with Crippen LogP contribution in [0, 0.1) is 11.3 Å². The van der Waals surface area contributed by atoms with Crippen LogP contribution in [0.5, 0.6) is 0 Å². The van der Waals surface area contributed by atoms with E-state index in [1.807, 2.05) is 35.2 Å². The molecule has 1 atom stereocenters. The highest BCUT2D eigenvalue weighted by molar-refractivity contribution is 5.74. The molecule has 0 bridgehead atoms. The number of hydrogen-bond donors (Lipinski definition) is 2. The second-order valence-corrected chi connectivity index (χ2v) is 7.73. The average Bonchev–Trinajstić information content (AvgIpc) is 2.72. The molecule has 1 aromatic carbocycles. The zero-order chi connectivity index (χ0) is 19.1. The maximum absolute atomic E-state index is 12.4. The van der Waals surface area contributed by atoms with E-state index >= 15 is 0 Å². The van der Waals surface area contributed by atoms with Crippen LogP contribution in [0.15, 0.2) is 30.3 Å². The molecule has 146 valence electrons. The van der Waals surface area contributed by atoms with Gasteiger partial charge in [-0.15, -0.1) is 0 Å². The van der Waals surface area contributed by atoms with E-state index in [2.05, 4.69) is 16.3 Å². The van der Waals surface area contributed by atoms with Crippen molar-refractivity contribution < 1.29 is 9.90 Å². The number of carbonyl (C=O) groups excluding carboxylic acids is 1. The van der Waals surface area contributed by atoms with Gasteiger partial charge in [-0.1, -0.05) is 30.3 Å². The van der Waals surface area contributed by atoms with Crippen molar-refractivity contribution in [2.45, 2.75) is 43.6 Å². The number of likely N-dealkylation sites (tertiary alicyclic amines) is 2. The van der Waals surface area contributed by atoms with Crippen molar-refractivity contribution in [1.82, 2.24) is 15.1 Å². The highest BCUT2D eigenvalue weighted by Crippen LogP contribution is 2.34. The number of nitrogens with one attached hydrogen (secondary N) is 1. The van der Waals surface area contributed by atoms with Gasteiger partial charge in [0, 0.05) is 26.2 Å². The van der Waals surface area contributed by atoms with Gasteiger partial charge < -0.3 is 20.2 Å². The molecule has 2 fully saturated rings. The number of nitriles is 1. The number of piperidine rings is 2. The number of nitrogens with zero attached hydrogens (tertiary/aromatic N) is 3. The van der Waals surface area contributed by atoms with Crippen molar-refractivity contribution in [3.63, 3.8) is 0 Å². The summed E-state index contributed by atoms with van der Waals surface area (Å²) in [7, 11) is 0. The van der Waals surface area contributed by atoms with E-state index in [4.69, 9.17) is 0 Å². The molecular formula is C21H30N4O2. The fourth-order valence-electron chi connectivity index (χ4n) is 4.16. The average molecular weight is 370 g/mol. The molecule has 2 heterocycles. The van der Waals surface area contributed by atoms with Crippen LogP contribution < -0.4 is 5.32 Å². The number of rotatable bonds is 5. The topological polar surface area (TPSA) is 79.6 Å². The van der Waals surface area contributed by atoms with Crippen LogP contribution in [-0.4, -0.2) is 66.3 Å². The molecular weight excluding hydrogens is 340 g/mol. The Kier molecular flexibility index (Phi) is 6.70. The van der Waals surface area contributed by atoms with Crippen LogP contribution in [0.4, 0.5) is 4.79 Å². The number of amides is 2. The van der Waals surface area contributed by atoms with Crippen molar-refractivity contribution >= 4 is 6.03 Å². The maximum Gasteiger partial charge on any atom is 0.317 e. The minimum atomic E-state index is -0.479. The Balaban J connectivity index is 1.40. The molecule has 2 amide bonds. The van der Waals surface area contributed by atoms with Crippen molar-refractivity contribution in [2.24, 2.45) is 0 Å². The minimum Gasteiger partial charge on any atom is -0.392 e. The van der Waals surface area contributed by atoms with Gasteiger partial charge in [-0.2, -0.15) is 5.26 Å². The molecule has 2 aliphatic rings. The predicted molar refractivity (Wildman–Crippen MR) is 104 cm³/mol. The van der Waals surface area contributed by atoms with E-state index in [1.54, 1.807) is 0 Å². The molecule has 3 rings (SSSR count). The van der Waals surface area contributed by atoms with Gasteiger partial charge in [0.05, 0.1) is 17.6 Å². The van der Waals surface area contributed by atoms with Gasteiger partial charge in [0.15, 0.2) is 0 Å². The smallest absolute Gasteiger partial charge is 0.317 e. The Morgan fingerprint density at radius 3 is 2.67 bits per heavy atom. The lowest BCUT2D eigenvalue weighted by atomic mass is 9.74. The second-order valence-electron chi connectivity index (χ2n) is 7.73. The van der Waals surface area contributed by atoms with Crippen molar-refractivity contribution in [2.75, 3.05) is 39.3 Å². The number of carbonyl (C=O) groups is 1. The molecule has 0 aliphatic carbocycles. The summed E-state index contributed by atoms with van der Waals surface area (Å²) in [5, 5.41) is 22.4. The zero-order valence-electron chi connectivity index (χ0n) is 15.9. The fraction of sp³-hybridized carbons (Fsp3) is 0.619. The summed E-state index contributed by atoms with van der Waals surface area (Å²) in [4.78, 5) is 16.5. The molecule has 1 aromatic rings. The Morgan fingerprint density at radius 2 is 2.00 bits per heavy atom. The lowest BCUT2D eigenvalue weighted by Crippen LogP contribution is -2.48. The van der Waals surface area contributed by atoms with Gasteiger partial charge in [0.2, 0.25) is 0 Å². The van der Waals surface area contributed by atoms with Crippen molar-refractivity contribution in [3.05, 3.63) is 35.9 Å². The normalized spacial score (nSPS) is 22.8. The van der Waals surface area contributed by atoms with Crippen molar-refractivity contribution in [3.8, 4) is 6.07 Å². The van der Waals surface area contributed by atoms with Gasteiger partial charge >= 0.3 is 6.03 Å². The Bertz CT molecular complexity index is 650. The summed E-state index contributed by atoms with van der Waals surface area (Å²) in [6.45, 7) is 4.54. The van der Waals surface area contributed by atoms with Gasteiger partial charge in [-0.05, 0) is 50.8 Å². The fourth-order valence-corrected chi connectivity index (χ4v) is 4.16. The van der Waals surface area contributed by atoms with E-state index in [0.29, 0.717) is 32.5 Å². The standard InChI is InChI=1S/C21H30N4O2/c22-17-21(18-6-2-1-3-7-18)9-14-25(15-10-21)20(27)23-11-5-13-24-12-4-8-19(26)16-24/h1-3,6-7,19,26H,4-5,8-16H2,(H,23,27)/t19-/m1/s1. The first-order valence-electron chi connectivity index (χ1n) is 10.0. The minimum absolute atomic E-state index is 0.0340. The molecule has 6 nitrogen and oxygen atoms in total. The monoisotopic (exact) mass is 370 g/mol. The molecule has 2 saturated heterocycles. The lowest BCUT2D eigenvalue weighted by Gasteiger charge is -2.37. The molecule has 2 aliphatic heterocycles. The largest absolute Gasteiger partial charge is 0.392 e. The molecule has 0 radical (unpaired) electrons. The Morgan fingerprint density at radius 1 is 1.26 bits per heavy atom. The summed E-state index contributed by atoms with van der Waals surface area (Å²) >= 11 is 0. The number of aliphatic hydroxyl groups excluding tert-OH is 1. The summed E-state index contributed by atoms with van der Waals surface area (Å²) in [6.07, 6.45) is 3.97. The second kappa shape index (κ2) is 9.20. The first-order chi connectivity index (χ1) is 13.1. The Hall–Kier alpha value is -2.10. The highest BCUT2D eigenvalue weighted by Gasteiger charge is 2.37. The van der Waals surface area contributed by atoms with Gasteiger partial charge in [0.1, 0.15) is 0 Å². The number of benzene rings is 1. The van der Waals surface area contributed by atoms with Crippen molar-refractivity contribution in [1.29, 1.82) is 5.26 Å². The summed E-state index contributed by atoms with van der Waals surface area (Å²) in [6, 6.07) is 12.4. The quantitative estimate of drug-likeness (QED) is 0.778. The maximum atomic E-state index is 12.4. The third-order valence-corrected chi connectivity index (χ3v) is 5.85. The number of β-amino-alcohol motifs (C(OH)–C–C–N with tert-alkyl or cyclic N) is 1. The lowest BCUT2D eigenvalue weighted by molar-refractivity contribution is 0.0701. The van der Waals surface area contributed by atoms with Crippen LogP contribution in [0.2, 0.25) is 0 Å². The van der Waals surface area contributed by atoms with E-state index in [9.17, 15) is 15.2 Å². The molecule has 0 spiro atoms. The first kappa shape index (κ1) is 19.7. The number of hydrogen-bond acceptors (Lipinski definition) is 4. The molecule has 6 heteroatoms. The van der Waals surface area contributed by atoms with E-state index in [1.165, 1.54) is 0 Å². The van der Waals surface area contributed by atoms with E-state index < -0.39 is 5.41 Å². The number of urea groups is 1. The van der Waals surface area contributed by atoms with E-state index in [-0.39, 0.29) is 12.1 Å². The van der Waals surface area contributed by atoms with Gasteiger partial charge in [-0.3, -0.25) is 0 Å². The molecule has 0 aromatic heterocycles. The number of aliphatic hydroxyl groups is 1. The summed E-state index contributed by atoms with van der Waals surface area (Å²) < 4.78 is 0. The molecule has 27 heavy (non-hydrogen) atoms.